The number of thioether (sulfide) groups is 1. The summed E-state index contributed by atoms with van der Waals surface area (Å²) in [5, 5.41) is 7.92. The number of pyridine rings is 1. The summed E-state index contributed by atoms with van der Waals surface area (Å²) in [6.07, 6.45) is 0.290. The summed E-state index contributed by atoms with van der Waals surface area (Å²) in [4.78, 5) is 21.6. The average molecular weight is 406 g/mol. The normalized spacial score (nSPS) is 10.9. The van der Waals surface area contributed by atoms with E-state index in [0.717, 1.165) is 43.6 Å². The molecule has 28 heavy (non-hydrogen) atoms. The number of nitrogens with one attached hydrogen (secondary N) is 1. The Kier molecular flexibility index (Phi) is 5.69. The van der Waals surface area contributed by atoms with Crippen molar-refractivity contribution in [3.05, 3.63) is 82.3 Å². The standard InChI is InChI=1S/C22H19N3OS2/c1-15-6-2-4-8-18(15)24-20(26)12-22-23-17(14-28-22)13-27-21-11-10-16-7-3-5-9-19(16)25-21/h2-11,14H,12-13H2,1H3,(H,24,26). The molecule has 140 valence electrons. The minimum absolute atomic E-state index is 0.0425. The third-order valence-electron chi connectivity index (χ3n) is 4.27. The van der Waals surface area contributed by atoms with Gasteiger partial charge in [0.2, 0.25) is 5.91 Å². The van der Waals surface area contributed by atoms with E-state index in [9.17, 15) is 4.79 Å². The Hall–Kier alpha value is -2.70. The van der Waals surface area contributed by atoms with Crippen molar-refractivity contribution in [2.45, 2.75) is 24.1 Å². The second kappa shape index (κ2) is 8.54. The maximum Gasteiger partial charge on any atom is 0.231 e. The van der Waals surface area contributed by atoms with E-state index in [0.29, 0.717) is 0 Å². The van der Waals surface area contributed by atoms with Crippen LogP contribution in [-0.4, -0.2) is 15.9 Å². The molecular formula is C22H19N3OS2. The van der Waals surface area contributed by atoms with Crippen LogP contribution in [0.5, 0.6) is 0 Å². The summed E-state index contributed by atoms with van der Waals surface area (Å²) in [5.41, 5.74) is 3.88. The Labute approximate surface area is 172 Å². The maximum atomic E-state index is 12.3. The number of amides is 1. The minimum Gasteiger partial charge on any atom is -0.325 e. The number of aromatic nitrogens is 2. The lowest BCUT2D eigenvalue weighted by molar-refractivity contribution is -0.115. The third kappa shape index (κ3) is 4.58. The van der Waals surface area contributed by atoms with Crippen LogP contribution in [0.15, 0.2) is 71.1 Å². The number of benzene rings is 2. The number of thiazole rings is 1. The Bertz CT molecular complexity index is 1120. The summed E-state index contributed by atoms with van der Waals surface area (Å²) in [6, 6.07) is 20.0. The lowest BCUT2D eigenvalue weighted by Crippen LogP contribution is -2.15. The molecular weight excluding hydrogens is 386 g/mol. The number of anilines is 1. The predicted molar refractivity (Wildman–Crippen MR) is 117 cm³/mol. The van der Waals surface area contributed by atoms with Crippen LogP contribution in [0.2, 0.25) is 0 Å². The van der Waals surface area contributed by atoms with Crippen molar-refractivity contribution in [1.29, 1.82) is 0 Å². The molecule has 2 aromatic heterocycles. The molecule has 2 aromatic carbocycles. The van der Waals surface area contributed by atoms with E-state index in [1.165, 1.54) is 11.3 Å². The Morgan fingerprint density at radius 2 is 1.86 bits per heavy atom. The molecule has 0 aliphatic rings. The molecule has 1 amide bonds. The number of carbonyl (C=O) groups excluding carboxylic acids is 1. The third-order valence-corrected chi connectivity index (χ3v) is 6.13. The zero-order valence-corrected chi connectivity index (χ0v) is 17.0. The van der Waals surface area contributed by atoms with Gasteiger partial charge in [-0.2, -0.15) is 0 Å². The molecule has 0 saturated carbocycles. The fourth-order valence-corrected chi connectivity index (χ4v) is 4.49. The summed E-state index contributed by atoms with van der Waals surface area (Å²) >= 11 is 3.18. The zero-order valence-electron chi connectivity index (χ0n) is 15.4. The highest BCUT2D eigenvalue weighted by atomic mass is 32.2. The lowest BCUT2D eigenvalue weighted by atomic mass is 10.2. The number of para-hydroxylation sites is 2. The first-order chi connectivity index (χ1) is 13.7. The van der Waals surface area contributed by atoms with Gasteiger partial charge in [-0.25, -0.2) is 9.97 Å². The van der Waals surface area contributed by atoms with Crippen LogP contribution in [0, 0.1) is 6.92 Å². The zero-order chi connectivity index (χ0) is 19.3. The van der Waals surface area contributed by atoms with Crippen molar-refractivity contribution >= 4 is 45.6 Å². The topological polar surface area (TPSA) is 54.9 Å². The number of carbonyl (C=O) groups is 1. The minimum atomic E-state index is -0.0425. The SMILES string of the molecule is Cc1ccccc1NC(=O)Cc1nc(CSc2ccc3ccccc3n2)cs1. The molecule has 4 rings (SSSR count). The molecule has 0 bridgehead atoms. The van der Waals surface area contributed by atoms with E-state index in [2.05, 4.69) is 27.4 Å². The van der Waals surface area contributed by atoms with Gasteiger partial charge in [0.15, 0.2) is 0 Å². The van der Waals surface area contributed by atoms with E-state index in [1.54, 1.807) is 11.8 Å². The molecule has 4 nitrogen and oxygen atoms in total. The monoisotopic (exact) mass is 405 g/mol. The molecule has 0 saturated heterocycles. The van der Waals surface area contributed by atoms with Gasteiger partial charge < -0.3 is 5.32 Å². The maximum absolute atomic E-state index is 12.3. The molecule has 0 atom stereocenters. The van der Waals surface area contributed by atoms with Crippen molar-refractivity contribution in [2.24, 2.45) is 0 Å². The second-order valence-corrected chi connectivity index (χ2v) is 8.34. The summed E-state index contributed by atoms with van der Waals surface area (Å²) in [6.45, 7) is 1.98. The average Bonchev–Trinajstić information content (AvgIpc) is 3.15. The van der Waals surface area contributed by atoms with E-state index in [1.807, 2.05) is 60.8 Å². The van der Waals surface area contributed by atoms with Crippen LogP contribution in [0.1, 0.15) is 16.3 Å². The molecule has 2 heterocycles. The van der Waals surface area contributed by atoms with E-state index in [-0.39, 0.29) is 12.3 Å². The van der Waals surface area contributed by atoms with Crippen molar-refractivity contribution in [3.63, 3.8) is 0 Å². The van der Waals surface area contributed by atoms with Gasteiger partial charge in [0.05, 0.1) is 22.7 Å². The van der Waals surface area contributed by atoms with Gasteiger partial charge in [0.25, 0.3) is 0 Å². The summed E-state index contributed by atoms with van der Waals surface area (Å²) in [7, 11) is 0. The molecule has 4 aromatic rings. The smallest absolute Gasteiger partial charge is 0.231 e. The van der Waals surface area contributed by atoms with Crippen molar-refractivity contribution in [2.75, 3.05) is 5.32 Å². The molecule has 0 aliphatic heterocycles. The van der Waals surface area contributed by atoms with Crippen molar-refractivity contribution in [3.8, 4) is 0 Å². The first kappa shape index (κ1) is 18.7. The van der Waals surface area contributed by atoms with Gasteiger partial charge >= 0.3 is 0 Å². The molecule has 0 fully saturated rings. The quantitative estimate of drug-likeness (QED) is 0.432. The number of rotatable bonds is 6. The molecule has 6 heteroatoms. The van der Waals surface area contributed by atoms with Gasteiger partial charge in [-0.15, -0.1) is 11.3 Å². The van der Waals surface area contributed by atoms with Crippen molar-refractivity contribution < 1.29 is 4.79 Å². The van der Waals surface area contributed by atoms with Gasteiger partial charge in [0.1, 0.15) is 5.01 Å². The number of aryl methyl sites for hydroxylation is 1. The van der Waals surface area contributed by atoms with Gasteiger partial charge in [-0.1, -0.05) is 54.2 Å². The van der Waals surface area contributed by atoms with Gasteiger partial charge in [0, 0.05) is 22.2 Å². The summed E-state index contributed by atoms with van der Waals surface area (Å²) in [5.74, 6) is 0.695. The first-order valence-corrected chi connectivity index (χ1v) is 10.8. The molecule has 1 N–H and O–H groups in total. The van der Waals surface area contributed by atoms with Crippen LogP contribution >= 0.6 is 23.1 Å². The summed E-state index contributed by atoms with van der Waals surface area (Å²) < 4.78 is 0. The van der Waals surface area contributed by atoms with Crippen LogP contribution in [0.3, 0.4) is 0 Å². The Morgan fingerprint density at radius 1 is 1.04 bits per heavy atom. The molecule has 0 unspecified atom stereocenters. The van der Waals surface area contributed by atoms with Crippen LogP contribution in [0.4, 0.5) is 5.69 Å². The molecule has 0 spiro atoms. The molecule has 0 aliphatic carbocycles. The van der Waals surface area contributed by atoms with Gasteiger partial charge in [-0.3, -0.25) is 4.79 Å². The van der Waals surface area contributed by atoms with Crippen LogP contribution in [0.25, 0.3) is 10.9 Å². The van der Waals surface area contributed by atoms with E-state index in [4.69, 9.17) is 0 Å². The highest BCUT2D eigenvalue weighted by Crippen LogP contribution is 2.24. The fourth-order valence-electron chi connectivity index (χ4n) is 2.82. The first-order valence-electron chi connectivity index (χ1n) is 8.95. The van der Waals surface area contributed by atoms with E-state index < -0.39 is 0 Å². The highest BCUT2D eigenvalue weighted by molar-refractivity contribution is 7.98. The fraction of sp³-hybridized carbons (Fsp3) is 0.136. The van der Waals surface area contributed by atoms with Gasteiger partial charge in [-0.05, 0) is 30.7 Å². The Balaban J connectivity index is 1.34. The number of nitrogens with zero attached hydrogens (tertiary/aromatic N) is 2. The molecule has 0 radical (unpaired) electrons. The number of hydrogen-bond donors (Lipinski definition) is 1. The number of hydrogen-bond acceptors (Lipinski definition) is 5. The van der Waals surface area contributed by atoms with Crippen molar-refractivity contribution in [1.82, 2.24) is 9.97 Å². The number of fused-ring (bicyclic) bond motifs is 1. The second-order valence-electron chi connectivity index (χ2n) is 6.40. The highest BCUT2D eigenvalue weighted by Gasteiger charge is 2.10. The van der Waals surface area contributed by atoms with E-state index >= 15 is 0 Å². The van der Waals surface area contributed by atoms with Crippen LogP contribution in [-0.2, 0) is 17.0 Å². The van der Waals surface area contributed by atoms with Crippen LogP contribution < -0.4 is 5.32 Å². The predicted octanol–water partition coefficient (Wildman–Crippen LogP) is 5.47. The Morgan fingerprint density at radius 3 is 2.75 bits per heavy atom. The lowest BCUT2D eigenvalue weighted by Gasteiger charge is -2.06. The largest absolute Gasteiger partial charge is 0.325 e.